The Morgan fingerprint density at radius 3 is 2.63 bits per heavy atom. The highest BCUT2D eigenvalue weighted by Gasteiger charge is 2.08. The summed E-state index contributed by atoms with van der Waals surface area (Å²) in [6, 6.07) is 3.23. The molecule has 1 N–H and O–H groups in total. The number of fused-ring (bicyclic) bond motifs is 1. The average Bonchev–Trinajstić information content (AvgIpc) is 2.63. The fourth-order valence-corrected chi connectivity index (χ4v) is 1.85. The first-order valence-corrected chi connectivity index (χ1v) is 5.53. The van der Waals surface area contributed by atoms with Gasteiger partial charge in [-0.25, -0.2) is 0 Å². The molecule has 0 unspecified atom stereocenters. The lowest BCUT2D eigenvalue weighted by molar-refractivity contribution is 0.455. The van der Waals surface area contributed by atoms with E-state index in [1.54, 1.807) is 18.2 Å². The van der Waals surface area contributed by atoms with Crippen LogP contribution < -0.4 is 4.65 Å². The molecule has 0 fully saturated rings. The van der Waals surface area contributed by atoms with Crippen molar-refractivity contribution in [3.8, 4) is 16.9 Å². The summed E-state index contributed by atoms with van der Waals surface area (Å²) in [5, 5.41) is 8.81. The summed E-state index contributed by atoms with van der Waals surface area (Å²) in [7, 11) is 0.459. The van der Waals surface area contributed by atoms with Crippen LogP contribution in [-0.4, -0.2) is 12.7 Å². The van der Waals surface area contributed by atoms with Gasteiger partial charge in [0.2, 0.25) is 0 Å². The van der Waals surface area contributed by atoms with Crippen LogP contribution in [0.1, 0.15) is 9.60 Å². The van der Waals surface area contributed by atoms with Gasteiger partial charge in [0.15, 0.2) is 0 Å². The molecule has 3 heteroatoms. The van der Waals surface area contributed by atoms with E-state index < -0.39 is 36.3 Å². The minimum absolute atomic E-state index is 0.0315. The third-order valence-electron chi connectivity index (χ3n) is 2.65. The highest BCUT2D eigenvalue weighted by Crippen LogP contribution is 2.34. The molecule has 3 rings (SSSR count). The number of rotatable bonds is 3. The SMILES string of the molecule is [2H]c1c([2H])c([2H])c2c(-c3ccccc3O[B]O)c([2H])c([2H])c([2H])c2c1[2H]. The van der Waals surface area contributed by atoms with Crippen molar-refractivity contribution in [2.45, 2.75) is 0 Å². The molecule has 0 aliphatic carbocycles. The van der Waals surface area contributed by atoms with Crippen LogP contribution in [0.15, 0.2) is 66.6 Å². The first kappa shape index (κ1) is 6.26. The number of hydrogen-bond acceptors (Lipinski definition) is 2. The van der Waals surface area contributed by atoms with E-state index in [9.17, 15) is 0 Å². The Kier molecular flexibility index (Phi) is 1.70. The first-order valence-electron chi connectivity index (χ1n) is 9.03. The second-order valence-electron chi connectivity index (χ2n) is 3.72. The predicted octanol–water partition coefficient (Wildman–Crippen LogP) is 3.41. The summed E-state index contributed by atoms with van der Waals surface area (Å²) in [5.74, 6) is 0.148. The van der Waals surface area contributed by atoms with Crippen LogP contribution in [0.4, 0.5) is 0 Å². The van der Waals surface area contributed by atoms with Gasteiger partial charge in [-0.1, -0.05) is 60.5 Å². The van der Waals surface area contributed by atoms with Crippen molar-refractivity contribution in [3.63, 3.8) is 0 Å². The molecule has 19 heavy (non-hydrogen) atoms. The zero-order chi connectivity index (χ0) is 19.2. The maximum absolute atomic E-state index is 8.97. The molecule has 0 atom stereocenters. The van der Waals surface area contributed by atoms with Crippen LogP contribution >= 0.6 is 0 Å². The molecular formula is C16H12BO2. The first-order chi connectivity index (χ1) is 12.3. The monoisotopic (exact) mass is 254 g/mol. The summed E-state index contributed by atoms with van der Waals surface area (Å²) >= 11 is 0. The molecule has 0 aliphatic rings. The molecule has 0 saturated carbocycles. The summed E-state index contributed by atoms with van der Waals surface area (Å²) in [6.45, 7) is 0. The molecular weight excluding hydrogens is 235 g/mol. The predicted molar refractivity (Wildman–Crippen MR) is 78.0 cm³/mol. The second kappa shape index (κ2) is 5.16. The molecule has 0 saturated heterocycles. The lowest BCUT2D eigenvalue weighted by atomic mass is 9.97. The Morgan fingerprint density at radius 2 is 1.74 bits per heavy atom. The minimum Gasteiger partial charge on any atom is -0.537 e. The van der Waals surface area contributed by atoms with Gasteiger partial charge in [0.05, 0.1) is 9.60 Å². The number of benzene rings is 3. The van der Waals surface area contributed by atoms with Gasteiger partial charge in [0.25, 0.3) is 0 Å². The van der Waals surface area contributed by atoms with Gasteiger partial charge >= 0.3 is 7.69 Å². The van der Waals surface area contributed by atoms with Crippen LogP contribution in [0.3, 0.4) is 0 Å². The fraction of sp³-hybridized carbons (Fsp3) is 0. The van der Waals surface area contributed by atoms with Crippen LogP contribution in [0.25, 0.3) is 21.9 Å². The van der Waals surface area contributed by atoms with E-state index in [4.69, 9.17) is 19.3 Å². The molecule has 0 aliphatic heterocycles. The van der Waals surface area contributed by atoms with Gasteiger partial charge in [-0.3, -0.25) is 0 Å². The highest BCUT2D eigenvalue weighted by atomic mass is 16.5. The molecule has 3 aromatic rings. The van der Waals surface area contributed by atoms with E-state index in [2.05, 4.69) is 0 Å². The standard InChI is InChI=1S/C16H12BO2/c18-17-19-16-11-4-3-9-15(16)14-10-5-7-12-6-1-2-8-13(12)14/h1-11,18H/i1D,2D,5D,6D,7D,8D,10D. The largest absolute Gasteiger partial charge is 0.569 e. The molecule has 0 heterocycles. The quantitative estimate of drug-likeness (QED) is 0.726. The Hall–Kier alpha value is -2.26. The maximum Gasteiger partial charge on any atom is 0.569 e. The zero-order valence-electron chi connectivity index (χ0n) is 16.7. The van der Waals surface area contributed by atoms with E-state index in [1.165, 1.54) is 6.07 Å². The molecule has 2 nitrogen and oxygen atoms in total. The fourth-order valence-electron chi connectivity index (χ4n) is 1.85. The van der Waals surface area contributed by atoms with Crippen molar-refractivity contribution in [1.29, 1.82) is 0 Å². The van der Waals surface area contributed by atoms with Crippen LogP contribution in [0.5, 0.6) is 5.75 Å². The third-order valence-corrected chi connectivity index (χ3v) is 2.65. The van der Waals surface area contributed by atoms with E-state index in [-0.39, 0.29) is 33.7 Å². The lowest BCUT2D eigenvalue weighted by Gasteiger charge is -2.11. The molecule has 1 radical (unpaired) electrons. The summed E-state index contributed by atoms with van der Waals surface area (Å²) in [6.07, 6.45) is 0. The van der Waals surface area contributed by atoms with Crippen molar-refractivity contribution < 1.29 is 19.3 Å². The van der Waals surface area contributed by atoms with Crippen LogP contribution in [0.2, 0.25) is 0 Å². The van der Waals surface area contributed by atoms with Crippen LogP contribution in [0, 0.1) is 0 Å². The lowest BCUT2D eigenvalue weighted by Crippen LogP contribution is -2.01. The Morgan fingerprint density at radius 1 is 0.947 bits per heavy atom. The van der Waals surface area contributed by atoms with Crippen LogP contribution in [-0.2, 0) is 0 Å². The van der Waals surface area contributed by atoms with Crippen molar-refractivity contribution >= 4 is 18.5 Å². The van der Waals surface area contributed by atoms with E-state index >= 15 is 0 Å². The van der Waals surface area contributed by atoms with E-state index in [1.807, 2.05) is 0 Å². The van der Waals surface area contributed by atoms with Crippen molar-refractivity contribution in [2.24, 2.45) is 0 Å². The topological polar surface area (TPSA) is 29.5 Å². The smallest absolute Gasteiger partial charge is 0.537 e. The maximum atomic E-state index is 8.97. The van der Waals surface area contributed by atoms with E-state index in [0.29, 0.717) is 7.69 Å². The molecule has 0 bridgehead atoms. The van der Waals surface area contributed by atoms with Crippen molar-refractivity contribution in [3.05, 3.63) is 66.6 Å². The Bertz CT molecular complexity index is 1030. The van der Waals surface area contributed by atoms with Gasteiger partial charge in [-0.15, -0.1) is 0 Å². The van der Waals surface area contributed by atoms with E-state index in [0.717, 1.165) is 0 Å². The van der Waals surface area contributed by atoms with Gasteiger partial charge in [0.1, 0.15) is 5.75 Å². The molecule has 0 aromatic heterocycles. The molecule has 0 spiro atoms. The molecule has 91 valence electrons. The summed E-state index contributed by atoms with van der Waals surface area (Å²) < 4.78 is 61.5. The normalized spacial score (nSPS) is 15.5. The molecule has 0 amide bonds. The van der Waals surface area contributed by atoms with Gasteiger partial charge in [-0.05, 0) is 22.4 Å². The number of hydrogen-bond donors (Lipinski definition) is 1. The summed E-state index contributed by atoms with van der Waals surface area (Å²) in [5.41, 5.74) is 0.316. The highest BCUT2D eigenvalue weighted by molar-refractivity contribution is 6.17. The van der Waals surface area contributed by atoms with Gasteiger partial charge < -0.3 is 9.68 Å². The average molecular weight is 254 g/mol. The number of para-hydroxylation sites is 1. The Balaban J connectivity index is 2.60. The van der Waals surface area contributed by atoms with Crippen molar-refractivity contribution in [1.82, 2.24) is 0 Å². The molecule has 3 aromatic carbocycles. The zero-order valence-corrected chi connectivity index (χ0v) is 9.74. The van der Waals surface area contributed by atoms with Gasteiger partial charge in [-0.2, -0.15) is 0 Å². The van der Waals surface area contributed by atoms with Gasteiger partial charge in [0, 0.05) is 5.56 Å². The van der Waals surface area contributed by atoms with Crippen molar-refractivity contribution in [2.75, 3.05) is 0 Å². The Labute approximate surface area is 122 Å². The second-order valence-corrected chi connectivity index (χ2v) is 3.72. The third kappa shape index (κ3) is 2.20. The minimum atomic E-state index is -0.507. The summed E-state index contributed by atoms with van der Waals surface area (Å²) in [4.78, 5) is 0.